The standard InChI is InChI=1S/C14H24N4O5S/c1-16-9-12(13(20)17(2)14(16)21)24(22,23)15-5-7-18-6-3-4-11(8-18)10-19/h9,11,15,19H,3-8,10H2,1-2H3/t11-/m1/s1. The highest BCUT2D eigenvalue weighted by atomic mass is 32.2. The quantitative estimate of drug-likeness (QED) is 0.611. The van der Waals surface area contributed by atoms with Gasteiger partial charge in [0.05, 0.1) is 0 Å². The second kappa shape index (κ2) is 7.60. The molecule has 1 aliphatic rings. The molecule has 0 radical (unpaired) electrons. The average molecular weight is 360 g/mol. The van der Waals surface area contributed by atoms with Crippen molar-refractivity contribution in [1.82, 2.24) is 18.8 Å². The van der Waals surface area contributed by atoms with Crippen LogP contribution in [-0.4, -0.2) is 60.3 Å². The van der Waals surface area contributed by atoms with E-state index in [2.05, 4.69) is 9.62 Å². The van der Waals surface area contributed by atoms with Crippen LogP contribution in [0, 0.1) is 5.92 Å². The van der Waals surface area contributed by atoms with Crippen molar-refractivity contribution in [3.8, 4) is 0 Å². The van der Waals surface area contributed by atoms with Crippen LogP contribution in [0.2, 0.25) is 0 Å². The Morgan fingerprint density at radius 1 is 1.33 bits per heavy atom. The fraction of sp³-hybridized carbons (Fsp3) is 0.714. The van der Waals surface area contributed by atoms with Gasteiger partial charge in [0.1, 0.15) is 0 Å². The zero-order valence-electron chi connectivity index (χ0n) is 13.9. The predicted molar refractivity (Wildman–Crippen MR) is 88.4 cm³/mol. The van der Waals surface area contributed by atoms with Crippen molar-refractivity contribution in [2.24, 2.45) is 20.0 Å². The first-order valence-electron chi connectivity index (χ1n) is 7.86. The van der Waals surface area contributed by atoms with Crippen LogP contribution < -0.4 is 16.0 Å². The first kappa shape index (κ1) is 18.8. The normalized spacial score (nSPS) is 19.5. The average Bonchev–Trinajstić information content (AvgIpc) is 2.56. The Kier molecular flexibility index (Phi) is 5.97. The van der Waals surface area contributed by atoms with Gasteiger partial charge in [0.25, 0.3) is 5.56 Å². The van der Waals surface area contributed by atoms with E-state index < -0.39 is 26.2 Å². The van der Waals surface area contributed by atoms with E-state index in [1.54, 1.807) is 0 Å². The topological polar surface area (TPSA) is 114 Å². The summed E-state index contributed by atoms with van der Waals surface area (Å²) in [6.45, 7) is 2.39. The molecule has 0 amide bonds. The SMILES string of the molecule is Cn1cc(S(=O)(=O)NCCN2CCC[C@@H](CO)C2)c(=O)n(C)c1=O. The van der Waals surface area contributed by atoms with Crippen molar-refractivity contribution < 1.29 is 13.5 Å². The molecular formula is C14H24N4O5S. The Morgan fingerprint density at radius 2 is 2.04 bits per heavy atom. The first-order valence-corrected chi connectivity index (χ1v) is 9.34. The highest BCUT2D eigenvalue weighted by molar-refractivity contribution is 7.89. The molecule has 1 aliphatic heterocycles. The number of aromatic nitrogens is 2. The van der Waals surface area contributed by atoms with Crippen LogP contribution >= 0.6 is 0 Å². The lowest BCUT2D eigenvalue weighted by molar-refractivity contribution is 0.122. The number of aliphatic hydroxyl groups excluding tert-OH is 1. The molecule has 0 spiro atoms. The third kappa shape index (κ3) is 4.12. The summed E-state index contributed by atoms with van der Waals surface area (Å²) in [5.74, 6) is 0.228. The Labute approximate surface area is 140 Å². The molecule has 1 fully saturated rings. The lowest BCUT2D eigenvalue weighted by Gasteiger charge is -2.31. The summed E-state index contributed by atoms with van der Waals surface area (Å²) in [7, 11) is -1.36. The number of nitrogens with one attached hydrogen (secondary N) is 1. The molecular weight excluding hydrogens is 336 g/mol. The molecule has 1 aromatic heterocycles. The van der Waals surface area contributed by atoms with Gasteiger partial charge < -0.3 is 14.6 Å². The summed E-state index contributed by atoms with van der Waals surface area (Å²) < 4.78 is 28.9. The van der Waals surface area contributed by atoms with Crippen LogP contribution in [-0.2, 0) is 24.1 Å². The molecule has 1 aromatic rings. The Balaban J connectivity index is 2.05. The lowest BCUT2D eigenvalue weighted by Crippen LogP contribution is -2.44. The third-order valence-corrected chi connectivity index (χ3v) is 5.73. The van der Waals surface area contributed by atoms with E-state index in [-0.39, 0.29) is 19.1 Å². The highest BCUT2D eigenvalue weighted by Crippen LogP contribution is 2.15. The number of likely N-dealkylation sites (tertiary alicyclic amines) is 1. The minimum Gasteiger partial charge on any atom is -0.396 e. The Bertz CT molecular complexity index is 798. The summed E-state index contributed by atoms with van der Waals surface area (Å²) in [6, 6.07) is 0. The summed E-state index contributed by atoms with van der Waals surface area (Å²) >= 11 is 0. The molecule has 0 bridgehead atoms. The zero-order valence-corrected chi connectivity index (χ0v) is 14.8. The number of hydrogen-bond acceptors (Lipinski definition) is 6. The number of aliphatic hydroxyl groups is 1. The van der Waals surface area contributed by atoms with Gasteiger partial charge in [-0.2, -0.15) is 0 Å². The van der Waals surface area contributed by atoms with E-state index in [0.29, 0.717) is 6.54 Å². The maximum Gasteiger partial charge on any atom is 0.330 e. The van der Waals surface area contributed by atoms with Gasteiger partial charge >= 0.3 is 5.69 Å². The van der Waals surface area contributed by atoms with Gasteiger partial charge in [0.2, 0.25) is 10.0 Å². The van der Waals surface area contributed by atoms with Crippen LogP contribution in [0.3, 0.4) is 0 Å². The van der Waals surface area contributed by atoms with Gasteiger partial charge in [0.15, 0.2) is 4.90 Å². The molecule has 136 valence electrons. The monoisotopic (exact) mass is 360 g/mol. The van der Waals surface area contributed by atoms with Gasteiger partial charge in [-0.1, -0.05) is 0 Å². The molecule has 2 rings (SSSR count). The van der Waals surface area contributed by atoms with Crippen molar-refractivity contribution in [3.05, 3.63) is 27.0 Å². The minimum absolute atomic E-state index is 0.135. The largest absolute Gasteiger partial charge is 0.396 e. The number of nitrogens with zero attached hydrogens (tertiary/aromatic N) is 3. The molecule has 0 unspecified atom stereocenters. The molecule has 2 heterocycles. The molecule has 10 heteroatoms. The van der Waals surface area contributed by atoms with E-state index in [1.807, 2.05) is 0 Å². The zero-order chi connectivity index (χ0) is 17.9. The molecule has 24 heavy (non-hydrogen) atoms. The van der Waals surface area contributed by atoms with E-state index in [9.17, 15) is 23.1 Å². The van der Waals surface area contributed by atoms with Crippen LogP contribution in [0.15, 0.2) is 20.7 Å². The number of sulfonamides is 1. The summed E-state index contributed by atoms with van der Waals surface area (Å²) in [6.07, 6.45) is 2.99. The van der Waals surface area contributed by atoms with Crippen LogP contribution in [0.4, 0.5) is 0 Å². The Morgan fingerprint density at radius 3 is 2.71 bits per heavy atom. The summed E-state index contributed by atoms with van der Waals surface area (Å²) in [5.41, 5.74) is -1.42. The van der Waals surface area contributed by atoms with Gasteiger partial charge in [-0.15, -0.1) is 0 Å². The van der Waals surface area contributed by atoms with E-state index in [1.165, 1.54) is 14.1 Å². The fourth-order valence-electron chi connectivity index (χ4n) is 2.88. The molecule has 1 saturated heterocycles. The van der Waals surface area contributed by atoms with Crippen LogP contribution in [0.1, 0.15) is 12.8 Å². The van der Waals surface area contributed by atoms with E-state index in [0.717, 1.165) is 41.3 Å². The van der Waals surface area contributed by atoms with Crippen molar-refractivity contribution in [3.63, 3.8) is 0 Å². The summed E-state index contributed by atoms with van der Waals surface area (Å²) in [5, 5.41) is 9.21. The van der Waals surface area contributed by atoms with Crippen molar-refractivity contribution in [2.45, 2.75) is 17.7 Å². The van der Waals surface area contributed by atoms with Gasteiger partial charge in [-0.25, -0.2) is 17.9 Å². The molecule has 0 aromatic carbocycles. The number of hydrogen-bond donors (Lipinski definition) is 2. The van der Waals surface area contributed by atoms with E-state index >= 15 is 0 Å². The lowest BCUT2D eigenvalue weighted by atomic mass is 9.99. The Hall–Kier alpha value is -1.49. The first-order chi connectivity index (χ1) is 11.3. The molecule has 2 N–H and O–H groups in total. The third-order valence-electron chi connectivity index (χ3n) is 4.29. The number of piperidine rings is 1. The highest BCUT2D eigenvalue weighted by Gasteiger charge is 2.23. The molecule has 0 aliphatic carbocycles. The second-order valence-corrected chi connectivity index (χ2v) is 7.88. The predicted octanol–water partition coefficient (Wildman–Crippen LogP) is -1.93. The summed E-state index contributed by atoms with van der Waals surface area (Å²) in [4.78, 5) is 25.3. The number of rotatable bonds is 6. The van der Waals surface area contributed by atoms with Gasteiger partial charge in [-0.05, 0) is 25.3 Å². The van der Waals surface area contributed by atoms with Crippen LogP contribution in [0.5, 0.6) is 0 Å². The number of aryl methyl sites for hydroxylation is 1. The molecule has 9 nitrogen and oxygen atoms in total. The molecule has 1 atom stereocenters. The minimum atomic E-state index is -3.99. The van der Waals surface area contributed by atoms with Crippen molar-refractivity contribution in [2.75, 3.05) is 32.8 Å². The van der Waals surface area contributed by atoms with Crippen molar-refractivity contribution in [1.29, 1.82) is 0 Å². The fourth-order valence-corrected chi connectivity index (χ4v) is 4.06. The van der Waals surface area contributed by atoms with Crippen molar-refractivity contribution >= 4 is 10.0 Å². The maximum atomic E-state index is 12.3. The second-order valence-electron chi connectivity index (χ2n) is 6.14. The van der Waals surface area contributed by atoms with Crippen LogP contribution in [0.25, 0.3) is 0 Å². The van der Waals surface area contributed by atoms with E-state index in [4.69, 9.17) is 0 Å². The van der Waals surface area contributed by atoms with Gasteiger partial charge in [0, 0.05) is 46.5 Å². The smallest absolute Gasteiger partial charge is 0.330 e. The van der Waals surface area contributed by atoms with Gasteiger partial charge in [-0.3, -0.25) is 9.36 Å². The maximum absolute atomic E-state index is 12.3. The molecule has 0 saturated carbocycles.